The van der Waals surface area contributed by atoms with Gasteiger partial charge in [0.1, 0.15) is 5.75 Å². The molecule has 0 amide bonds. The number of hydrogen-bond donors (Lipinski definition) is 2. The van der Waals surface area contributed by atoms with Gasteiger partial charge in [-0.3, -0.25) is 0 Å². The molecule has 0 aromatic heterocycles. The van der Waals surface area contributed by atoms with E-state index in [0.717, 1.165) is 10.6 Å². The lowest BCUT2D eigenvalue weighted by molar-refractivity contribution is -0.0736. The second-order valence-corrected chi connectivity index (χ2v) is 3.41. The van der Waals surface area contributed by atoms with E-state index in [4.69, 9.17) is 16.8 Å². The summed E-state index contributed by atoms with van der Waals surface area (Å²) >= 11 is 5.72. The molecule has 0 aliphatic rings. The van der Waals surface area contributed by atoms with E-state index in [1.165, 1.54) is 7.05 Å². The zero-order chi connectivity index (χ0) is 10.0. The first kappa shape index (κ1) is 10.3. The van der Waals surface area contributed by atoms with Gasteiger partial charge in [-0.1, -0.05) is 17.7 Å². The number of halogens is 1. The van der Waals surface area contributed by atoms with Crippen molar-refractivity contribution in [2.75, 3.05) is 7.05 Å². The van der Waals surface area contributed by atoms with Gasteiger partial charge in [-0.2, -0.15) is 5.06 Å². The van der Waals surface area contributed by atoms with E-state index in [-0.39, 0.29) is 12.3 Å². The van der Waals surface area contributed by atoms with Crippen molar-refractivity contribution in [2.45, 2.75) is 13.5 Å². The molecule has 0 bridgehead atoms. The van der Waals surface area contributed by atoms with Crippen LogP contribution in [0.25, 0.3) is 0 Å². The molecule has 0 spiro atoms. The van der Waals surface area contributed by atoms with Crippen molar-refractivity contribution in [3.05, 3.63) is 28.3 Å². The maximum absolute atomic E-state index is 9.56. The normalized spacial score (nSPS) is 10.8. The van der Waals surface area contributed by atoms with Crippen molar-refractivity contribution in [2.24, 2.45) is 0 Å². The molecule has 0 radical (unpaired) electrons. The average molecular weight is 202 g/mol. The van der Waals surface area contributed by atoms with Crippen LogP contribution in [0.5, 0.6) is 5.75 Å². The maximum atomic E-state index is 9.56. The molecule has 1 aromatic rings. The Morgan fingerprint density at radius 2 is 2.08 bits per heavy atom. The summed E-state index contributed by atoms with van der Waals surface area (Å²) in [6.07, 6.45) is 0. The van der Waals surface area contributed by atoms with Crippen molar-refractivity contribution in [1.29, 1.82) is 0 Å². The summed E-state index contributed by atoms with van der Waals surface area (Å²) in [7, 11) is 1.51. The van der Waals surface area contributed by atoms with Gasteiger partial charge in [0.05, 0.1) is 11.6 Å². The van der Waals surface area contributed by atoms with Crippen LogP contribution >= 0.6 is 11.6 Å². The molecule has 1 aromatic carbocycles. The number of aryl methyl sites for hydroxylation is 1. The van der Waals surface area contributed by atoms with Gasteiger partial charge in [-0.05, 0) is 18.6 Å². The van der Waals surface area contributed by atoms with Crippen LogP contribution in [0.15, 0.2) is 12.1 Å². The minimum absolute atomic E-state index is 0.0440. The van der Waals surface area contributed by atoms with Gasteiger partial charge in [-0.15, -0.1) is 0 Å². The summed E-state index contributed by atoms with van der Waals surface area (Å²) in [6, 6.07) is 3.44. The van der Waals surface area contributed by atoms with Gasteiger partial charge in [0.25, 0.3) is 0 Å². The third kappa shape index (κ3) is 2.34. The Kier molecular flexibility index (Phi) is 3.14. The smallest absolute Gasteiger partial charge is 0.139 e. The minimum Gasteiger partial charge on any atom is -0.506 e. The second kappa shape index (κ2) is 3.96. The lowest BCUT2D eigenvalue weighted by atomic mass is 10.1. The largest absolute Gasteiger partial charge is 0.506 e. The summed E-state index contributed by atoms with van der Waals surface area (Å²) in [4.78, 5) is 0. The highest BCUT2D eigenvalue weighted by atomic mass is 35.5. The van der Waals surface area contributed by atoms with E-state index >= 15 is 0 Å². The Hall–Kier alpha value is -0.770. The highest BCUT2D eigenvalue weighted by Gasteiger charge is 2.09. The monoisotopic (exact) mass is 201 g/mol. The lowest BCUT2D eigenvalue weighted by Crippen LogP contribution is -2.12. The standard InChI is InChI=1S/C9H12ClNO2/c1-6-3-4-8(10)9(12)7(6)5-11(2)13/h3-4,12-13H,5H2,1-2H3. The Balaban J connectivity index is 3.10. The molecule has 13 heavy (non-hydrogen) atoms. The van der Waals surface area contributed by atoms with Crippen LogP contribution in [0.1, 0.15) is 11.1 Å². The van der Waals surface area contributed by atoms with E-state index in [1.54, 1.807) is 12.1 Å². The fourth-order valence-electron chi connectivity index (χ4n) is 1.14. The zero-order valence-electron chi connectivity index (χ0n) is 7.58. The summed E-state index contributed by atoms with van der Waals surface area (Å²) in [5.74, 6) is 0.0440. The molecular weight excluding hydrogens is 190 g/mol. The van der Waals surface area contributed by atoms with E-state index in [0.29, 0.717) is 10.6 Å². The van der Waals surface area contributed by atoms with Gasteiger partial charge in [-0.25, -0.2) is 0 Å². The summed E-state index contributed by atoms with van der Waals surface area (Å²) in [6.45, 7) is 2.12. The van der Waals surface area contributed by atoms with Crippen LogP contribution in [-0.4, -0.2) is 22.4 Å². The number of phenols is 1. The number of hydrogen-bond acceptors (Lipinski definition) is 3. The fourth-order valence-corrected chi connectivity index (χ4v) is 1.31. The van der Waals surface area contributed by atoms with Crippen molar-refractivity contribution < 1.29 is 10.3 Å². The number of benzene rings is 1. The zero-order valence-corrected chi connectivity index (χ0v) is 8.34. The number of phenolic OH excluding ortho intramolecular Hbond substituents is 1. The maximum Gasteiger partial charge on any atom is 0.139 e. The molecule has 0 saturated heterocycles. The molecule has 3 nitrogen and oxygen atoms in total. The first-order chi connectivity index (χ1) is 6.02. The quantitative estimate of drug-likeness (QED) is 0.721. The van der Waals surface area contributed by atoms with Crippen molar-refractivity contribution >= 4 is 11.6 Å². The molecule has 0 aliphatic heterocycles. The van der Waals surface area contributed by atoms with Crippen LogP contribution in [0.3, 0.4) is 0 Å². The molecule has 0 aliphatic carbocycles. The first-order valence-corrected chi connectivity index (χ1v) is 4.27. The molecule has 72 valence electrons. The van der Waals surface area contributed by atoms with Gasteiger partial charge in [0.2, 0.25) is 0 Å². The Morgan fingerprint density at radius 1 is 1.46 bits per heavy atom. The number of nitrogens with zero attached hydrogens (tertiary/aromatic N) is 1. The Morgan fingerprint density at radius 3 is 2.62 bits per heavy atom. The van der Waals surface area contributed by atoms with Gasteiger partial charge >= 0.3 is 0 Å². The molecule has 2 N–H and O–H groups in total. The average Bonchev–Trinajstić information content (AvgIpc) is 2.05. The van der Waals surface area contributed by atoms with E-state index in [1.807, 2.05) is 6.92 Å². The number of hydroxylamine groups is 2. The summed E-state index contributed by atoms with van der Waals surface area (Å²) in [5, 5.41) is 19.9. The van der Waals surface area contributed by atoms with Gasteiger partial charge in [0.15, 0.2) is 0 Å². The molecule has 0 atom stereocenters. The van der Waals surface area contributed by atoms with Crippen molar-refractivity contribution in [3.63, 3.8) is 0 Å². The lowest BCUT2D eigenvalue weighted by Gasteiger charge is -2.13. The predicted molar refractivity (Wildman–Crippen MR) is 51.1 cm³/mol. The van der Waals surface area contributed by atoms with Crippen LogP contribution in [-0.2, 0) is 6.54 Å². The fraction of sp³-hybridized carbons (Fsp3) is 0.333. The summed E-state index contributed by atoms with van der Waals surface area (Å²) < 4.78 is 0. The van der Waals surface area contributed by atoms with Gasteiger partial charge < -0.3 is 10.3 Å². The number of rotatable bonds is 2. The van der Waals surface area contributed by atoms with Gasteiger partial charge in [0, 0.05) is 12.6 Å². The van der Waals surface area contributed by atoms with Crippen LogP contribution in [0.2, 0.25) is 5.02 Å². The highest BCUT2D eigenvalue weighted by molar-refractivity contribution is 6.32. The highest BCUT2D eigenvalue weighted by Crippen LogP contribution is 2.30. The van der Waals surface area contributed by atoms with Crippen LogP contribution in [0, 0.1) is 6.92 Å². The molecule has 1 rings (SSSR count). The molecule has 0 unspecified atom stereocenters. The van der Waals surface area contributed by atoms with Crippen LogP contribution in [0.4, 0.5) is 0 Å². The third-order valence-corrected chi connectivity index (χ3v) is 2.16. The summed E-state index contributed by atoms with van der Waals surface area (Å²) in [5.41, 5.74) is 1.56. The van der Waals surface area contributed by atoms with Crippen molar-refractivity contribution in [1.82, 2.24) is 5.06 Å². The van der Waals surface area contributed by atoms with Crippen LogP contribution < -0.4 is 0 Å². The molecule has 0 heterocycles. The second-order valence-electron chi connectivity index (χ2n) is 3.01. The Labute approximate surface area is 82.1 Å². The topological polar surface area (TPSA) is 43.7 Å². The Bertz CT molecular complexity index is 313. The minimum atomic E-state index is 0.0440. The third-order valence-electron chi connectivity index (χ3n) is 1.85. The molecule has 0 fully saturated rings. The SMILES string of the molecule is Cc1ccc(Cl)c(O)c1CN(C)O. The molecule has 4 heteroatoms. The molecular formula is C9H12ClNO2. The van der Waals surface area contributed by atoms with E-state index in [9.17, 15) is 5.11 Å². The number of aromatic hydroxyl groups is 1. The predicted octanol–water partition coefficient (Wildman–Crippen LogP) is 2.18. The van der Waals surface area contributed by atoms with E-state index in [2.05, 4.69) is 0 Å². The molecule has 0 saturated carbocycles. The van der Waals surface area contributed by atoms with Crippen molar-refractivity contribution in [3.8, 4) is 5.75 Å². The first-order valence-electron chi connectivity index (χ1n) is 3.89. The van der Waals surface area contributed by atoms with E-state index < -0.39 is 0 Å².